The lowest BCUT2D eigenvalue weighted by atomic mass is 10.1. The fraction of sp³-hybridized carbons (Fsp3) is 0.500. The number of aromatic nitrogens is 2. The first-order valence-corrected chi connectivity index (χ1v) is 8.54. The summed E-state index contributed by atoms with van der Waals surface area (Å²) in [6.07, 6.45) is -0.407. The van der Waals surface area contributed by atoms with Crippen molar-refractivity contribution in [3.8, 4) is 0 Å². The van der Waals surface area contributed by atoms with E-state index in [1.54, 1.807) is 6.92 Å². The zero-order valence-corrected chi connectivity index (χ0v) is 14.3. The number of nitrogens with zero attached hydrogens (tertiary/aromatic N) is 2. The Hall–Kier alpha value is -1.38. The largest absolute Gasteiger partial charge is 0.390 e. The molecule has 0 spiro atoms. The summed E-state index contributed by atoms with van der Waals surface area (Å²) in [6, 6.07) is 8.40. The van der Waals surface area contributed by atoms with Crippen molar-refractivity contribution in [1.29, 1.82) is 0 Å². The van der Waals surface area contributed by atoms with Crippen LogP contribution in [0.4, 0.5) is 0 Å². The lowest BCUT2D eigenvalue weighted by Gasteiger charge is -2.16. The van der Waals surface area contributed by atoms with E-state index < -0.39 is 12.3 Å². The Balaban J connectivity index is 1.68. The van der Waals surface area contributed by atoms with E-state index in [-0.39, 0.29) is 0 Å². The van der Waals surface area contributed by atoms with Crippen LogP contribution in [0.15, 0.2) is 24.3 Å². The molecular formula is C16H24N4O2S. The number of aliphatic hydroxyl groups is 2. The van der Waals surface area contributed by atoms with Crippen molar-refractivity contribution in [1.82, 2.24) is 20.2 Å². The molecule has 23 heavy (non-hydrogen) atoms. The Kier molecular flexibility index (Phi) is 7.07. The second kappa shape index (κ2) is 9.05. The van der Waals surface area contributed by atoms with Crippen molar-refractivity contribution in [2.24, 2.45) is 0 Å². The fourth-order valence-electron chi connectivity index (χ4n) is 2.24. The predicted octanol–water partition coefficient (Wildman–Crippen LogP) is 1.14. The average molecular weight is 336 g/mol. The summed E-state index contributed by atoms with van der Waals surface area (Å²) in [5.74, 6) is 0. The van der Waals surface area contributed by atoms with Gasteiger partial charge in [-0.1, -0.05) is 35.7 Å². The van der Waals surface area contributed by atoms with Gasteiger partial charge in [-0.05, 0) is 36.0 Å². The molecule has 0 radical (unpaired) electrons. The van der Waals surface area contributed by atoms with Gasteiger partial charge < -0.3 is 15.5 Å². The molecule has 0 saturated heterocycles. The third-order valence-corrected chi connectivity index (χ3v) is 4.47. The maximum atomic E-state index is 9.99. The predicted molar refractivity (Wildman–Crippen MR) is 91.1 cm³/mol. The molecule has 0 aliphatic rings. The topological polar surface area (TPSA) is 90.3 Å². The summed E-state index contributed by atoms with van der Waals surface area (Å²) in [4.78, 5) is 0.682. The van der Waals surface area contributed by atoms with Crippen molar-refractivity contribution in [3.05, 3.63) is 46.0 Å². The van der Waals surface area contributed by atoms with E-state index in [9.17, 15) is 10.2 Å². The first-order chi connectivity index (χ1) is 11.1. The van der Waals surface area contributed by atoms with E-state index in [0.29, 0.717) is 30.2 Å². The molecule has 4 N–H and O–H groups in total. The minimum atomic E-state index is -0.842. The molecule has 2 rings (SSSR count). The molecule has 2 atom stereocenters. The lowest BCUT2D eigenvalue weighted by Crippen LogP contribution is -2.36. The number of aryl methyl sites for hydroxylation is 2. The zero-order chi connectivity index (χ0) is 16.7. The summed E-state index contributed by atoms with van der Waals surface area (Å²) >= 11 is 1.16. The molecule has 6 nitrogen and oxygen atoms in total. The first kappa shape index (κ1) is 18.0. The normalized spacial score (nSPS) is 13.9. The third-order valence-electron chi connectivity index (χ3n) is 3.59. The minimum absolute atomic E-state index is 0.292. The van der Waals surface area contributed by atoms with Gasteiger partial charge in [-0.15, -0.1) is 5.10 Å². The number of rotatable bonds is 9. The van der Waals surface area contributed by atoms with Crippen LogP contribution in [0, 0.1) is 6.92 Å². The second-order valence-electron chi connectivity index (χ2n) is 5.49. The van der Waals surface area contributed by atoms with Crippen molar-refractivity contribution < 1.29 is 10.2 Å². The van der Waals surface area contributed by atoms with E-state index in [1.807, 2.05) is 0 Å². The summed E-state index contributed by atoms with van der Waals surface area (Å²) in [6.45, 7) is 5.39. The van der Waals surface area contributed by atoms with Crippen LogP contribution >= 0.6 is 11.5 Å². The van der Waals surface area contributed by atoms with Gasteiger partial charge in [0.05, 0.1) is 16.7 Å². The summed E-state index contributed by atoms with van der Waals surface area (Å²) in [5, 5.41) is 29.9. The molecule has 1 aromatic carbocycles. The maximum absolute atomic E-state index is 9.99. The standard InChI is InChI=1S/C16H24N4O2S/c1-3-12-5-4-6-13(7-12)8-17-9-14(21)10-18-16(22)15-11(2)19-20-23-15/h4-7,14,16-18,21-22H,3,8-10H2,1-2H3/t14-,16?/m1/s1. The molecule has 1 heterocycles. The van der Waals surface area contributed by atoms with Gasteiger partial charge >= 0.3 is 0 Å². The SMILES string of the molecule is CCc1cccc(CNC[C@@H](O)CNC(O)c2snnc2C)c1. The number of benzene rings is 1. The van der Waals surface area contributed by atoms with E-state index in [0.717, 1.165) is 18.0 Å². The van der Waals surface area contributed by atoms with Crippen molar-refractivity contribution >= 4 is 11.5 Å². The van der Waals surface area contributed by atoms with Gasteiger partial charge in [0.15, 0.2) is 0 Å². The third kappa shape index (κ3) is 5.63. The molecule has 7 heteroatoms. The summed E-state index contributed by atoms with van der Waals surface area (Å²) in [5.41, 5.74) is 3.22. The molecule has 0 bridgehead atoms. The molecule has 1 unspecified atom stereocenters. The van der Waals surface area contributed by atoms with Crippen LogP contribution in [0.5, 0.6) is 0 Å². The monoisotopic (exact) mass is 336 g/mol. The van der Waals surface area contributed by atoms with E-state index >= 15 is 0 Å². The van der Waals surface area contributed by atoms with Crippen LogP contribution in [-0.2, 0) is 13.0 Å². The van der Waals surface area contributed by atoms with Crippen molar-refractivity contribution in [2.75, 3.05) is 13.1 Å². The van der Waals surface area contributed by atoms with Gasteiger partial charge in [0, 0.05) is 19.6 Å². The van der Waals surface area contributed by atoms with Gasteiger partial charge in [-0.3, -0.25) is 5.32 Å². The molecular weight excluding hydrogens is 312 g/mol. The molecule has 0 fully saturated rings. The smallest absolute Gasteiger partial charge is 0.143 e. The van der Waals surface area contributed by atoms with Crippen LogP contribution in [0.3, 0.4) is 0 Å². The minimum Gasteiger partial charge on any atom is -0.390 e. The van der Waals surface area contributed by atoms with Gasteiger partial charge in [0.25, 0.3) is 0 Å². The van der Waals surface area contributed by atoms with Gasteiger partial charge in [0.1, 0.15) is 6.23 Å². The summed E-state index contributed by atoms with van der Waals surface area (Å²) < 4.78 is 3.78. The first-order valence-electron chi connectivity index (χ1n) is 7.77. The lowest BCUT2D eigenvalue weighted by molar-refractivity contribution is 0.103. The van der Waals surface area contributed by atoms with Gasteiger partial charge in [-0.25, -0.2) is 0 Å². The Bertz CT molecular complexity index is 605. The molecule has 2 aromatic rings. The van der Waals surface area contributed by atoms with E-state index in [1.165, 1.54) is 11.1 Å². The highest BCUT2D eigenvalue weighted by Crippen LogP contribution is 2.16. The average Bonchev–Trinajstić information content (AvgIpc) is 2.99. The highest BCUT2D eigenvalue weighted by molar-refractivity contribution is 7.05. The Morgan fingerprint density at radius 1 is 1.22 bits per heavy atom. The number of nitrogens with one attached hydrogen (secondary N) is 2. The second-order valence-corrected chi connectivity index (χ2v) is 6.28. The van der Waals surface area contributed by atoms with E-state index in [2.05, 4.69) is 51.4 Å². The highest BCUT2D eigenvalue weighted by Gasteiger charge is 2.15. The van der Waals surface area contributed by atoms with Crippen LogP contribution in [-0.4, -0.2) is 39.0 Å². The quantitative estimate of drug-likeness (QED) is 0.514. The zero-order valence-electron chi connectivity index (χ0n) is 13.5. The van der Waals surface area contributed by atoms with E-state index in [4.69, 9.17) is 0 Å². The van der Waals surface area contributed by atoms with Crippen LogP contribution in [0.1, 0.15) is 34.8 Å². The molecule has 1 aromatic heterocycles. The number of aliphatic hydroxyl groups excluding tert-OH is 2. The molecule has 0 aliphatic heterocycles. The highest BCUT2D eigenvalue weighted by atomic mass is 32.1. The van der Waals surface area contributed by atoms with Gasteiger partial charge in [-0.2, -0.15) is 0 Å². The fourth-order valence-corrected chi connectivity index (χ4v) is 2.85. The number of hydrogen-bond acceptors (Lipinski definition) is 7. The molecule has 0 aliphatic carbocycles. The van der Waals surface area contributed by atoms with Gasteiger partial charge in [0.2, 0.25) is 0 Å². The summed E-state index contributed by atoms with van der Waals surface area (Å²) in [7, 11) is 0. The van der Waals surface area contributed by atoms with Crippen LogP contribution < -0.4 is 10.6 Å². The van der Waals surface area contributed by atoms with Crippen LogP contribution in [0.2, 0.25) is 0 Å². The van der Waals surface area contributed by atoms with Crippen molar-refractivity contribution in [3.63, 3.8) is 0 Å². The van der Waals surface area contributed by atoms with Crippen molar-refractivity contribution in [2.45, 2.75) is 39.1 Å². The Morgan fingerprint density at radius 2 is 2.00 bits per heavy atom. The molecule has 0 amide bonds. The van der Waals surface area contributed by atoms with Crippen LogP contribution in [0.25, 0.3) is 0 Å². The maximum Gasteiger partial charge on any atom is 0.143 e. The number of hydrogen-bond donors (Lipinski definition) is 4. The Labute approximate surface area is 140 Å². The molecule has 126 valence electrons. The molecule has 0 saturated carbocycles. The Morgan fingerprint density at radius 3 is 2.70 bits per heavy atom.